The average molecular weight is 358 g/mol. The molecule has 0 aliphatic rings. The summed E-state index contributed by atoms with van der Waals surface area (Å²) in [5, 5.41) is 9.48. The molecule has 0 saturated carbocycles. The Morgan fingerprint density at radius 2 is 1.83 bits per heavy atom. The minimum atomic E-state index is -0.369. The lowest BCUT2D eigenvalue weighted by Crippen LogP contribution is -2.18. The minimum absolute atomic E-state index is 0.263. The van der Waals surface area contributed by atoms with E-state index in [1.165, 1.54) is 17.5 Å². The van der Waals surface area contributed by atoms with Crippen molar-refractivity contribution in [2.45, 2.75) is 0 Å². The van der Waals surface area contributed by atoms with Gasteiger partial charge in [0.15, 0.2) is 0 Å². The van der Waals surface area contributed by atoms with Crippen molar-refractivity contribution >= 4 is 46.3 Å². The van der Waals surface area contributed by atoms with E-state index in [0.29, 0.717) is 27.7 Å². The Kier molecular flexibility index (Phi) is 4.88. The second-order valence-electron chi connectivity index (χ2n) is 4.83. The van der Waals surface area contributed by atoms with Crippen molar-refractivity contribution in [3.63, 3.8) is 0 Å². The molecule has 0 aliphatic carbocycles. The lowest BCUT2D eigenvalue weighted by atomic mass is 10.1. The molecule has 3 aromatic rings. The largest absolute Gasteiger partial charge is 0.321 e. The van der Waals surface area contributed by atoms with Crippen LogP contribution in [0.4, 0.5) is 11.5 Å². The molecule has 0 unspecified atom stereocenters. The van der Waals surface area contributed by atoms with Crippen molar-refractivity contribution in [3.8, 4) is 0 Å². The van der Waals surface area contributed by atoms with Crippen molar-refractivity contribution in [1.29, 1.82) is 0 Å². The van der Waals surface area contributed by atoms with Crippen LogP contribution in [0.3, 0.4) is 0 Å². The summed E-state index contributed by atoms with van der Waals surface area (Å²) >= 11 is 7.21. The second kappa shape index (κ2) is 7.25. The number of halogens is 1. The van der Waals surface area contributed by atoms with Crippen LogP contribution in [0.1, 0.15) is 20.7 Å². The van der Waals surface area contributed by atoms with Crippen molar-refractivity contribution < 1.29 is 9.59 Å². The third-order valence-electron chi connectivity index (χ3n) is 3.17. The number of carbonyl (C=O) groups is 2. The van der Waals surface area contributed by atoms with Crippen LogP contribution in [-0.2, 0) is 0 Å². The topological polar surface area (TPSA) is 71.1 Å². The summed E-state index contributed by atoms with van der Waals surface area (Å²) in [6, 6.07) is 11.7. The SMILES string of the molecule is O=C(Nc1ccccc1C(=O)Nc1ccc(Cl)cn1)c1ccsc1. The van der Waals surface area contributed by atoms with Gasteiger partial charge in [0.1, 0.15) is 5.82 Å². The fourth-order valence-corrected chi connectivity index (χ4v) is 2.76. The lowest BCUT2D eigenvalue weighted by Gasteiger charge is -2.10. The van der Waals surface area contributed by atoms with E-state index >= 15 is 0 Å². The first-order valence-corrected chi connectivity index (χ1v) is 8.31. The normalized spacial score (nSPS) is 10.2. The van der Waals surface area contributed by atoms with Crippen molar-refractivity contribution in [3.05, 3.63) is 75.6 Å². The van der Waals surface area contributed by atoms with Gasteiger partial charge in [-0.2, -0.15) is 11.3 Å². The number of amides is 2. The molecule has 0 atom stereocenters. The summed E-state index contributed by atoms with van der Waals surface area (Å²) in [6.45, 7) is 0. The number of anilines is 2. The Bertz CT molecular complexity index is 864. The molecule has 0 spiro atoms. The molecular weight excluding hydrogens is 346 g/mol. The zero-order chi connectivity index (χ0) is 16.9. The van der Waals surface area contributed by atoms with Crippen LogP contribution >= 0.6 is 22.9 Å². The van der Waals surface area contributed by atoms with Crippen molar-refractivity contribution in [2.24, 2.45) is 0 Å². The van der Waals surface area contributed by atoms with Crippen LogP contribution < -0.4 is 10.6 Å². The molecule has 2 aromatic heterocycles. The van der Waals surface area contributed by atoms with Gasteiger partial charge in [0.2, 0.25) is 0 Å². The molecule has 3 rings (SSSR count). The minimum Gasteiger partial charge on any atom is -0.321 e. The maximum atomic E-state index is 12.5. The molecule has 5 nitrogen and oxygen atoms in total. The van der Waals surface area contributed by atoms with Gasteiger partial charge in [0.05, 0.1) is 21.8 Å². The van der Waals surface area contributed by atoms with Gasteiger partial charge in [-0.15, -0.1) is 0 Å². The van der Waals surface area contributed by atoms with Gasteiger partial charge in [-0.05, 0) is 35.7 Å². The van der Waals surface area contributed by atoms with Crippen LogP contribution in [0.2, 0.25) is 5.02 Å². The summed E-state index contributed by atoms with van der Waals surface area (Å²) in [4.78, 5) is 28.7. The molecule has 2 amide bonds. The Morgan fingerprint density at radius 3 is 2.54 bits per heavy atom. The second-order valence-corrected chi connectivity index (χ2v) is 6.04. The molecule has 0 bridgehead atoms. The summed E-state index contributed by atoms with van der Waals surface area (Å²) in [5.74, 6) is -0.254. The van der Waals surface area contributed by atoms with E-state index in [4.69, 9.17) is 11.6 Å². The highest BCUT2D eigenvalue weighted by atomic mass is 35.5. The molecule has 2 N–H and O–H groups in total. The number of para-hydroxylation sites is 1. The van der Waals surface area contributed by atoms with Gasteiger partial charge >= 0.3 is 0 Å². The predicted octanol–water partition coefficient (Wildman–Crippen LogP) is 4.30. The number of thiophene rings is 1. The monoisotopic (exact) mass is 357 g/mol. The molecule has 24 heavy (non-hydrogen) atoms. The number of hydrogen-bond acceptors (Lipinski definition) is 4. The molecule has 0 aliphatic heterocycles. The van der Waals surface area contributed by atoms with Crippen LogP contribution in [0.15, 0.2) is 59.4 Å². The van der Waals surface area contributed by atoms with E-state index in [1.807, 2.05) is 5.38 Å². The van der Waals surface area contributed by atoms with Crippen molar-refractivity contribution in [2.75, 3.05) is 10.6 Å². The highest BCUT2D eigenvalue weighted by Gasteiger charge is 2.14. The van der Waals surface area contributed by atoms with Gasteiger partial charge in [-0.1, -0.05) is 23.7 Å². The molecule has 2 heterocycles. The van der Waals surface area contributed by atoms with Crippen LogP contribution in [0.25, 0.3) is 0 Å². The molecule has 0 saturated heterocycles. The first-order chi connectivity index (χ1) is 11.6. The van der Waals surface area contributed by atoms with Gasteiger partial charge in [0, 0.05) is 11.6 Å². The van der Waals surface area contributed by atoms with Crippen LogP contribution in [0, 0.1) is 0 Å². The Labute approximate surface area is 147 Å². The Morgan fingerprint density at radius 1 is 1.00 bits per heavy atom. The van der Waals surface area contributed by atoms with Crippen LogP contribution in [0.5, 0.6) is 0 Å². The molecule has 120 valence electrons. The number of nitrogens with zero attached hydrogens (tertiary/aromatic N) is 1. The zero-order valence-corrected chi connectivity index (χ0v) is 13.9. The smallest absolute Gasteiger partial charge is 0.258 e. The summed E-state index contributed by atoms with van der Waals surface area (Å²) < 4.78 is 0. The van der Waals surface area contributed by atoms with E-state index in [0.717, 1.165) is 0 Å². The average Bonchev–Trinajstić information content (AvgIpc) is 3.12. The number of aromatic nitrogens is 1. The lowest BCUT2D eigenvalue weighted by molar-refractivity contribution is 0.102. The Hall–Kier alpha value is -2.70. The van der Waals surface area contributed by atoms with Crippen molar-refractivity contribution in [1.82, 2.24) is 4.98 Å². The molecule has 7 heteroatoms. The number of nitrogens with one attached hydrogen (secondary N) is 2. The summed E-state index contributed by atoms with van der Waals surface area (Å²) in [5.41, 5.74) is 1.33. The third-order valence-corrected chi connectivity index (χ3v) is 4.08. The first kappa shape index (κ1) is 16.2. The standard InChI is InChI=1S/C17H12ClN3O2S/c18-12-5-6-15(19-9-12)21-17(23)13-3-1-2-4-14(13)20-16(22)11-7-8-24-10-11/h1-10H,(H,20,22)(H,19,21,23). The number of hydrogen-bond donors (Lipinski definition) is 2. The van der Waals surface area contributed by atoms with E-state index in [-0.39, 0.29) is 11.8 Å². The number of carbonyl (C=O) groups excluding carboxylic acids is 2. The van der Waals surface area contributed by atoms with E-state index < -0.39 is 0 Å². The first-order valence-electron chi connectivity index (χ1n) is 6.99. The fraction of sp³-hybridized carbons (Fsp3) is 0. The third kappa shape index (κ3) is 3.79. The highest BCUT2D eigenvalue weighted by molar-refractivity contribution is 7.08. The molecule has 1 aromatic carbocycles. The summed E-state index contributed by atoms with van der Waals surface area (Å²) in [7, 11) is 0. The predicted molar refractivity (Wildman–Crippen MR) is 95.9 cm³/mol. The van der Waals surface area contributed by atoms with Gasteiger partial charge < -0.3 is 10.6 Å². The maximum absolute atomic E-state index is 12.5. The molecule has 0 fully saturated rings. The Balaban J connectivity index is 1.79. The van der Waals surface area contributed by atoms with Gasteiger partial charge in [0.25, 0.3) is 11.8 Å². The van der Waals surface area contributed by atoms with Crippen LogP contribution in [-0.4, -0.2) is 16.8 Å². The number of pyridine rings is 1. The number of benzene rings is 1. The van der Waals surface area contributed by atoms with Gasteiger partial charge in [-0.3, -0.25) is 9.59 Å². The highest BCUT2D eigenvalue weighted by Crippen LogP contribution is 2.19. The molecular formula is C17H12ClN3O2S. The molecule has 0 radical (unpaired) electrons. The van der Waals surface area contributed by atoms with E-state index in [9.17, 15) is 9.59 Å². The zero-order valence-electron chi connectivity index (χ0n) is 12.3. The maximum Gasteiger partial charge on any atom is 0.258 e. The fourth-order valence-electron chi connectivity index (χ4n) is 2.01. The quantitative estimate of drug-likeness (QED) is 0.731. The number of rotatable bonds is 4. The summed E-state index contributed by atoms with van der Waals surface area (Å²) in [6.07, 6.45) is 1.45. The van der Waals surface area contributed by atoms with Gasteiger partial charge in [-0.25, -0.2) is 4.98 Å². The van der Waals surface area contributed by atoms with E-state index in [2.05, 4.69) is 15.6 Å². The van der Waals surface area contributed by atoms with E-state index in [1.54, 1.807) is 47.8 Å².